The standard InChI is InChI=1S/C23H28N2O2/c1-2-27-23(26)20-14-24-21(25-15-20)13-16-11-18-9-5-3-7-17-8-4-6-10-19(12-16)22(17)18/h11-12,14-15,17H,2-10,13H2,1H3. The summed E-state index contributed by atoms with van der Waals surface area (Å²) in [7, 11) is 0. The third kappa shape index (κ3) is 4.05. The first-order valence-electron chi connectivity index (χ1n) is 10.4. The lowest BCUT2D eigenvalue weighted by Crippen LogP contribution is -2.08. The quantitative estimate of drug-likeness (QED) is 0.733. The van der Waals surface area contributed by atoms with Crippen molar-refractivity contribution in [2.45, 2.75) is 70.6 Å². The van der Waals surface area contributed by atoms with E-state index in [2.05, 4.69) is 22.1 Å². The monoisotopic (exact) mass is 364 g/mol. The first-order chi connectivity index (χ1) is 13.2. The lowest BCUT2D eigenvalue weighted by atomic mass is 9.85. The predicted molar refractivity (Wildman–Crippen MR) is 105 cm³/mol. The van der Waals surface area contributed by atoms with Crippen LogP contribution >= 0.6 is 0 Å². The highest BCUT2D eigenvalue weighted by Crippen LogP contribution is 2.40. The highest BCUT2D eigenvalue weighted by atomic mass is 16.5. The van der Waals surface area contributed by atoms with E-state index in [1.165, 1.54) is 56.9 Å². The maximum atomic E-state index is 11.8. The second-order valence-corrected chi connectivity index (χ2v) is 7.80. The molecule has 0 radical (unpaired) electrons. The van der Waals surface area contributed by atoms with Gasteiger partial charge in [-0.15, -0.1) is 0 Å². The Bertz CT molecular complexity index is 781. The van der Waals surface area contributed by atoms with Crippen LogP contribution in [-0.2, 0) is 24.0 Å². The van der Waals surface area contributed by atoms with Gasteiger partial charge in [-0.25, -0.2) is 14.8 Å². The maximum Gasteiger partial charge on any atom is 0.341 e. The molecule has 0 fully saturated rings. The van der Waals surface area contributed by atoms with Crippen LogP contribution in [0.3, 0.4) is 0 Å². The Balaban J connectivity index is 1.59. The molecule has 0 atom stereocenters. The zero-order chi connectivity index (χ0) is 18.6. The molecule has 0 unspecified atom stereocenters. The van der Waals surface area contributed by atoms with Gasteiger partial charge >= 0.3 is 5.97 Å². The molecule has 4 rings (SSSR count). The molecule has 0 spiro atoms. The van der Waals surface area contributed by atoms with E-state index in [-0.39, 0.29) is 5.97 Å². The summed E-state index contributed by atoms with van der Waals surface area (Å²) in [4.78, 5) is 20.6. The number of carbonyl (C=O) groups excluding carboxylic acids is 1. The lowest BCUT2D eigenvalue weighted by molar-refractivity contribution is 0.0525. The van der Waals surface area contributed by atoms with Crippen LogP contribution in [0.1, 0.15) is 89.8 Å². The van der Waals surface area contributed by atoms with E-state index in [1.807, 2.05) is 0 Å². The number of benzene rings is 1. The number of esters is 1. The van der Waals surface area contributed by atoms with Crippen molar-refractivity contribution in [3.8, 4) is 0 Å². The predicted octanol–water partition coefficient (Wildman–Crippen LogP) is 4.78. The third-order valence-electron chi connectivity index (χ3n) is 5.90. The summed E-state index contributed by atoms with van der Waals surface area (Å²) in [6.07, 6.45) is 14.3. The zero-order valence-corrected chi connectivity index (χ0v) is 16.2. The number of hydrogen-bond donors (Lipinski definition) is 0. The number of ether oxygens (including phenoxy) is 1. The largest absolute Gasteiger partial charge is 0.462 e. The molecule has 2 aliphatic carbocycles. The maximum absolute atomic E-state index is 11.8. The van der Waals surface area contributed by atoms with Gasteiger partial charge in [-0.3, -0.25) is 0 Å². The van der Waals surface area contributed by atoms with Crippen LogP contribution in [0.4, 0.5) is 0 Å². The molecule has 2 aromatic rings. The minimum Gasteiger partial charge on any atom is -0.462 e. The Kier molecular flexibility index (Phi) is 5.51. The average Bonchev–Trinajstić information content (AvgIpc) is 3.00. The highest BCUT2D eigenvalue weighted by Gasteiger charge is 2.24. The van der Waals surface area contributed by atoms with Crippen LogP contribution in [0, 0.1) is 0 Å². The van der Waals surface area contributed by atoms with Gasteiger partial charge in [0, 0.05) is 18.8 Å². The molecule has 1 heterocycles. The SMILES string of the molecule is CCOC(=O)c1cnc(Cc2cc3c4c(c2)CCCCC4CCCC3)nc1. The normalized spacial score (nSPS) is 16.9. The first kappa shape index (κ1) is 18.1. The molecule has 4 heteroatoms. The van der Waals surface area contributed by atoms with Crippen LogP contribution in [0.5, 0.6) is 0 Å². The molecule has 142 valence electrons. The lowest BCUT2D eigenvalue weighted by Gasteiger charge is -2.20. The van der Waals surface area contributed by atoms with E-state index in [0.29, 0.717) is 18.6 Å². The molecule has 1 aromatic heterocycles. The summed E-state index contributed by atoms with van der Waals surface area (Å²) in [5, 5.41) is 0. The van der Waals surface area contributed by atoms with E-state index in [1.54, 1.807) is 36.0 Å². The van der Waals surface area contributed by atoms with Crippen molar-refractivity contribution >= 4 is 5.97 Å². The molecule has 1 aromatic carbocycles. The Labute approximate surface area is 161 Å². The fourth-order valence-electron chi connectivity index (χ4n) is 4.68. The smallest absolute Gasteiger partial charge is 0.341 e. The molecule has 27 heavy (non-hydrogen) atoms. The van der Waals surface area contributed by atoms with Crippen molar-refractivity contribution < 1.29 is 9.53 Å². The minimum absolute atomic E-state index is 0.360. The summed E-state index contributed by atoms with van der Waals surface area (Å²) in [6, 6.07) is 4.79. The molecule has 0 N–H and O–H groups in total. The van der Waals surface area contributed by atoms with Gasteiger partial charge in [0.25, 0.3) is 0 Å². The Morgan fingerprint density at radius 2 is 1.67 bits per heavy atom. The van der Waals surface area contributed by atoms with Gasteiger partial charge in [-0.2, -0.15) is 0 Å². The van der Waals surface area contributed by atoms with E-state index >= 15 is 0 Å². The Morgan fingerprint density at radius 3 is 2.26 bits per heavy atom. The van der Waals surface area contributed by atoms with Crippen molar-refractivity contribution in [1.29, 1.82) is 0 Å². The summed E-state index contributed by atoms with van der Waals surface area (Å²) in [5.74, 6) is 1.17. The molecule has 0 bridgehead atoms. The van der Waals surface area contributed by atoms with E-state index in [9.17, 15) is 4.79 Å². The van der Waals surface area contributed by atoms with Crippen molar-refractivity contribution in [3.63, 3.8) is 0 Å². The summed E-state index contributed by atoms with van der Waals surface area (Å²) in [6.45, 7) is 2.16. The van der Waals surface area contributed by atoms with Crippen molar-refractivity contribution in [2.24, 2.45) is 0 Å². The number of nitrogens with zero attached hydrogens (tertiary/aromatic N) is 2. The number of hydrogen-bond acceptors (Lipinski definition) is 4. The van der Waals surface area contributed by atoms with Crippen LogP contribution in [0.25, 0.3) is 0 Å². The fourth-order valence-corrected chi connectivity index (χ4v) is 4.68. The molecular weight excluding hydrogens is 336 g/mol. The summed E-state index contributed by atoms with van der Waals surface area (Å²) in [5.41, 5.74) is 6.52. The molecule has 0 aliphatic heterocycles. The number of carbonyl (C=O) groups is 1. The molecule has 0 saturated heterocycles. The van der Waals surface area contributed by atoms with Crippen LogP contribution in [0.15, 0.2) is 24.5 Å². The molecular formula is C23H28N2O2. The fraction of sp³-hybridized carbons (Fsp3) is 0.522. The summed E-state index contributed by atoms with van der Waals surface area (Å²) < 4.78 is 5.00. The van der Waals surface area contributed by atoms with Gasteiger partial charge in [0.2, 0.25) is 0 Å². The van der Waals surface area contributed by atoms with Gasteiger partial charge in [0.1, 0.15) is 5.82 Å². The minimum atomic E-state index is -0.360. The average molecular weight is 364 g/mol. The summed E-state index contributed by atoms with van der Waals surface area (Å²) >= 11 is 0. The number of rotatable bonds is 4. The van der Waals surface area contributed by atoms with E-state index in [4.69, 9.17) is 4.74 Å². The van der Waals surface area contributed by atoms with Crippen LogP contribution < -0.4 is 0 Å². The topological polar surface area (TPSA) is 52.1 Å². The van der Waals surface area contributed by atoms with Gasteiger partial charge < -0.3 is 4.74 Å². The second kappa shape index (κ2) is 8.20. The van der Waals surface area contributed by atoms with Gasteiger partial charge in [0.15, 0.2) is 0 Å². The molecule has 2 aliphatic rings. The van der Waals surface area contributed by atoms with Gasteiger partial charge in [0.05, 0.1) is 12.2 Å². The van der Waals surface area contributed by atoms with Gasteiger partial charge in [-0.05, 0) is 73.6 Å². The molecule has 0 amide bonds. The second-order valence-electron chi connectivity index (χ2n) is 7.80. The number of aryl methyl sites for hydroxylation is 2. The van der Waals surface area contributed by atoms with Crippen molar-refractivity contribution in [3.05, 3.63) is 58.2 Å². The van der Waals surface area contributed by atoms with Crippen molar-refractivity contribution in [2.75, 3.05) is 6.61 Å². The van der Waals surface area contributed by atoms with Crippen LogP contribution in [0.2, 0.25) is 0 Å². The number of aromatic nitrogens is 2. The van der Waals surface area contributed by atoms with E-state index < -0.39 is 0 Å². The Morgan fingerprint density at radius 1 is 1.04 bits per heavy atom. The Hall–Kier alpha value is -2.23. The first-order valence-corrected chi connectivity index (χ1v) is 10.4. The molecule has 4 nitrogen and oxygen atoms in total. The zero-order valence-electron chi connectivity index (χ0n) is 16.2. The van der Waals surface area contributed by atoms with E-state index in [0.717, 1.165) is 11.7 Å². The van der Waals surface area contributed by atoms with Crippen molar-refractivity contribution in [1.82, 2.24) is 9.97 Å². The highest BCUT2D eigenvalue weighted by molar-refractivity contribution is 5.88. The van der Waals surface area contributed by atoms with Crippen LogP contribution in [-0.4, -0.2) is 22.5 Å². The third-order valence-corrected chi connectivity index (χ3v) is 5.90. The van der Waals surface area contributed by atoms with Gasteiger partial charge in [-0.1, -0.05) is 25.0 Å². The molecule has 0 saturated carbocycles.